The number of H-pyrrole nitrogens is 1. The van der Waals surface area contributed by atoms with E-state index in [0.29, 0.717) is 25.7 Å². The topological polar surface area (TPSA) is 260 Å². The highest BCUT2D eigenvalue weighted by Gasteiger charge is 2.54. The molecule has 7 N–H and O–H groups in total. The Bertz CT molecular complexity index is 1730. The van der Waals surface area contributed by atoms with Crippen LogP contribution in [0.15, 0.2) is 45.8 Å². The summed E-state index contributed by atoms with van der Waals surface area (Å²) in [5.41, 5.74) is 4.16. The normalized spacial score (nSPS) is 27.4. The molecule has 10 atom stereocenters. The maximum atomic E-state index is 13.3. The van der Waals surface area contributed by atoms with E-state index >= 15 is 0 Å². The van der Waals surface area contributed by atoms with Gasteiger partial charge in [-0.15, -0.1) is 0 Å². The van der Waals surface area contributed by atoms with Crippen molar-refractivity contribution in [2.24, 2.45) is 5.73 Å². The summed E-state index contributed by atoms with van der Waals surface area (Å²) in [5, 5.41) is 26.9. The van der Waals surface area contributed by atoms with Crippen molar-refractivity contribution >= 4 is 23.7 Å². The minimum Gasteiger partial charge on any atom is -0.456 e. The van der Waals surface area contributed by atoms with Gasteiger partial charge in [0.15, 0.2) is 24.2 Å². The fourth-order valence-electron chi connectivity index (χ4n) is 7.58. The zero-order valence-corrected chi connectivity index (χ0v) is 35.1. The molecule has 3 aliphatic heterocycles. The van der Waals surface area contributed by atoms with Crippen LogP contribution in [0.25, 0.3) is 0 Å². The summed E-state index contributed by atoms with van der Waals surface area (Å²) >= 11 is 0. The maximum Gasteiger partial charge on any atom is 0.330 e. The van der Waals surface area contributed by atoms with E-state index < -0.39 is 95.9 Å². The number of carbonyl (C=O) groups excluding carboxylic acids is 4. The van der Waals surface area contributed by atoms with Crippen molar-refractivity contribution in [3.05, 3.63) is 57.1 Å². The highest BCUT2D eigenvalue weighted by molar-refractivity contribution is 5.95. The molecular weight excluding hydrogens is 782 g/mol. The molecule has 0 bridgehead atoms. The number of nitrogens with zero attached hydrogens (tertiary/aromatic N) is 1. The number of nitrogens with two attached hydrogens (primary N) is 1. The van der Waals surface area contributed by atoms with Gasteiger partial charge in [-0.2, -0.15) is 0 Å². The van der Waals surface area contributed by atoms with Crippen molar-refractivity contribution in [2.75, 3.05) is 7.11 Å². The van der Waals surface area contributed by atoms with E-state index in [2.05, 4.69) is 34.7 Å². The fraction of sp³-hybridized carbons (Fsp3) is 0.714. The Balaban J connectivity index is 1.37. The molecule has 2 fully saturated rings. The van der Waals surface area contributed by atoms with Gasteiger partial charge in [0.2, 0.25) is 18.1 Å². The zero-order chi connectivity index (χ0) is 43.6. The van der Waals surface area contributed by atoms with Gasteiger partial charge in [-0.25, -0.2) is 4.79 Å². The molecule has 3 aliphatic rings. The first-order valence-corrected chi connectivity index (χ1v) is 21.5. The predicted molar refractivity (Wildman–Crippen MR) is 218 cm³/mol. The molecule has 0 spiro atoms. The number of hydrogen-bond donors (Lipinski definition) is 6. The van der Waals surface area contributed by atoms with E-state index in [1.54, 1.807) is 0 Å². The number of methoxy groups -OCH3 is 1. The molecule has 0 aromatic carbocycles. The van der Waals surface area contributed by atoms with Gasteiger partial charge in [0.1, 0.15) is 30.5 Å². The second kappa shape index (κ2) is 24.8. The molecule has 4 rings (SSSR count). The maximum absolute atomic E-state index is 13.3. The Morgan fingerprint density at radius 3 is 2.30 bits per heavy atom. The minimum absolute atomic E-state index is 0.0391. The minimum atomic E-state index is -1.88. The van der Waals surface area contributed by atoms with Crippen LogP contribution in [0.2, 0.25) is 0 Å². The Hall–Kier alpha value is -4.36. The van der Waals surface area contributed by atoms with Gasteiger partial charge in [0.05, 0.1) is 0 Å². The number of allylic oxidation sites excluding steroid dienone is 2. The third kappa shape index (κ3) is 14.4. The van der Waals surface area contributed by atoms with Crippen molar-refractivity contribution in [2.45, 2.75) is 184 Å². The average Bonchev–Trinajstić information content (AvgIpc) is 3.46. The van der Waals surface area contributed by atoms with Gasteiger partial charge in [0, 0.05) is 31.8 Å². The molecule has 0 saturated carbocycles. The number of aliphatic hydroxyl groups excluding tert-OH is 2. The highest BCUT2D eigenvalue weighted by atomic mass is 16.7. The molecule has 2 saturated heterocycles. The highest BCUT2D eigenvalue weighted by Crippen LogP contribution is 2.36. The molecule has 1 unspecified atom stereocenters. The van der Waals surface area contributed by atoms with Crippen LogP contribution in [0.5, 0.6) is 0 Å². The van der Waals surface area contributed by atoms with E-state index in [1.165, 1.54) is 45.6 Å². The Morgan fingerprint density at radius 2 is 1.65 bits per heavy atom. The second-order valence-corrected chi connectivity index (χ2v) is 15.8. The van der Waals surface area contributed by atoms with E-state index in [1.807, 2.05) is 6.92 Å². The van der Waals surface area contributed by atoms with Crippen molar-refractivity contribution in [3.8, 4) is 0 Å². The zero-order valence-electron chi connectivity index (χ0n) is 35.1. The first kappa shape index (κ1) is 48.3. The predicted octanol–water partition coefficient (Wildman–Crippen LogP) is 2.40. The first-order chi connectivity index (χ1) is 28.8. The molecule has 4 heterocycles. The van der Waals surface area contributed by atoms with Crippen LogP contribution in [0, 0.1) is 0 Å². The Kier molecular flexibility index (Phi) is 20.0. The first-order valence-electron chi connectivity index (χ1n) is 21.5. The number of aromatic nitrogens is 2. The average molecular weight is 848 g/mol. The SMILES string of the molecule is CCCCCCCC/C=C\CCCCCCCC(=O)O[C@@H]1[C@H](OC)[C@@H](C(O[C@H]2OC(C(=O)N[C@H]3CCC[C@@H](C)NC3=O)=C[C@H](O)[C@@H]2O)C(N)=O)O[C@H]1n1ccc(=O)[nH]c1=O. The van der Waals surface area contributed by atoms with Gasteiger partial charge < -0.3 is 50.3 Å². The fourth-order valence-corrected chi connectivity index (χ4v) is 7.58. The van der Waals surface area contributed by atoms with Gasteiger partial charge >= 0.3 is 11.7 Å². The third-order valence-corrected chi connectivity index (χ3v) is 11.0. The number of carbonyl (C=O) groups is 4. The smallest absolute Gasteiger partial charge is 0.330 e. The van der Waals surface area contributed by atoms with Gasteiger partial charge in [-0.05, 0) is 64.4 Å². The van der Waals surface area contributed by atoms with Crippen molar-refractivity contribution in [1.82, 2.24) is 20.2 Å². The molecular formula is C42H65N5O13. The van der Waals surface area contributed by atoms with E-state index in [0.717, 1.165) is 61.4 Å². The lowest BCUT2D eigenvalue weighted by atomic mass is 10.0. The number of unbranched alkanes of at least 4 members (excludes halogenated alkanes) is 11. The van der Waals surface area contributed by atoms with Gasteiger partial charge in [-0.3, -0.25) is 33.5 Å². The van der Waals surface area contributed by atoms with E-state index in [9.17, 15) is 39.0 Å². The van der Waals surface area contributed by atoms with Crippen molar-refractivity contribution < 1.29 is 53.1 Å². The molecule has 18 nitrogen and oxygen atoms in total. The number of hydrogen-bond acceptors (Lipinski definition) is 13. The van der Waals surface area contributed by atoms with Gasteiger partial charge in [0.25, 0.3) is 11.5 Å². The molecule has 18 heteroatoms. The van der Waals surface area contributed by atoms with Crippen LogP contribution in [0.3, 0.4) is 0 Å². The number of aromatic amines is 1. The largest absolute Gasteiger partial charge is 0.456 e. The summed E-state index contributed by atoms with van der Waals surface area (Å²) in [6, 6.07) is 0.0759. The van der Waals surface area contributed by atoms with E-state index in [4.69, 9.17) is 29.4 Å². The molecule has 3 amide bonds. The monoisotopic (exact) mass is 847 g/mol. The molecule has 336 valence electrons. The molecule has 0 aliphatic carbocycles. The number of amides is 3. The van der Waals surface area contributed by atoms with Gasteiger partial charge in [-0.1, -0.05) is 70.4 Å². The van der Waals surface area contributed by atoms with Crippen molar-refractivity contribution in [3.63, 3.8) is 0 Å². The molecule has 0 radical (unpaired) electrons. The number of nitrogens with one attached hydrogen (secondary N) is 3. The third-order valence-electron chi connectivity index (χ3n) is 11.0. The number of aliphatic hydroxyl groups is 2. The lowest BCUT2D eigenvalue weighted by molar-refractivity contribution is -0.241. The number of rotatable bonds is 24. The summed E-state index contributed by atoms with van der Waals surface area (Å²) in [6.45, 7) is 4.07. The van der Waals surface area contributed by atoms with E-state index in [-0.39, 0.29) is 12.5 Å². The number of primary amides is 1. The second-order valence-electron chi connectivity index (χ2n) is 15.8. The molecule has 1 aromatic rings. The number of ether oxygens (including phenoxy) is 5. The van der Waals surface area contributed by atoms with Crippen molar-refractivity contribution in [1.29, 1.82) is 0 Å². The number of esters is 1. The van der Waals surface area contributed by atoms with Crippen LogP contribution >= 0.6 is 0 Å². The lowest BCUT2D eigenvalue weighted by Gasteiger charge is -2.35. The van der Waals surface area contributed by atoms with Crippen LogP contribution < -0.4 is 27.6 Å². The van der Waals surface area contributed by atoms with Crippen LogP contribution in [-0.2, 0) is 42.9 Å². The Labute approximate surface area is 350 Å². The summed E-state index contributed by atoms with van der Waals surface area (Å²) < 4.78 is 30.0. The van der Waals surface area contributed by atoms with Crippen LogP contribution in [0.4, 0.5) is 0 Å². The standard InChI is InChI=1S/C42H65N5O13/c1-4-5-6-7-8-9-10-11-12-13-14-15-16-17-18-22-31(50)58-36-33(56-3)34(59-40(36)47-24-23-30(49)46-42(47)55)35(37(43)52)60-41-32(51)28(48)25-29(57-41)39(54)45-27-21-19-20-26(2)44-38(27)53/h11-12,23-28,32-36,40-41,48,51H,4-10,13-22H2,1-3H3,(H2,43,52)(H,44,53)(H,45,54)(H,46,49,55)/b12-11-/t26-,27+,28+,32+,33-,34+,35?,36-,40-,41-/m1/s1. The molecule has 60 heavy (non-hydrogen) atoms. The summed E-state index contributed by atoms with van der Waals surface area (Å²) in [7, 11) is 1.24. The quantitative estimate of drug-likeness (QED) is 0.0497. The van der Waals surface area contributed by atoms with Crippen LogP contribution in [-0.4, -0.2) is 106 Å². The van der Waals surface area contributed by atoms with Crippen LogP contribution in [0.1, 0.15) is 129 Å². The summed E-state index contributed by atoms with van der Waals surface area (Å²) in [4.78, 5) is 79.1. The molecule has 1 aromatic heterocycles. The lowest BCUT2D eigenvalue weighted by Crippen LogP contribution is -2.54. The summed E-state index contributed by atoms with van der Waals surface area (Å²) in [5.74, 6) is -3.57. The summed E-state index contributed by atoms with van der Waals surface area (Å²) in [6.07, 6.45) is 9.49. The Morgan fingerprint density at radius 1 is 0.983 bits per heavy atom.